The Morgan fingerprint density at radius 1 is 1.42 bits per heavy atom. The van der Waals surface area contributed by atoms with Gasteiger partial charge in [0, 0.05) is 24.9 Å². The summed E-state index contributed by atoms with van der Waals surface area (Å²) in [6.45, 7) is -0.228. The van der Waals surface area contributed by atoms with E-state index in [1.54, 1.807) is 13.1 Å². The van der Waals surface area contributed by atoms with E-state index in [4.69, 9.17) is 4.74 Å². The van der Waals surface area contributed by atoms with E-state index in [1.165, 1.54) is 24.1 Å². The van der Waals surface area contributed by atoms with E-state index < -0.39 is 11.8 Å². The highest BCUT2D eigenvalue weighted by atomic mass is 19.1. The lowest BCUT2D eigenvalue weighted by atomic mass is 10.2. The zero-order valence-corrected chi connectivity index (χ0v) is 10.5. The number of carbonyl (C=O) groups is 1. The summed E-state index contributed by atoms with van der Waals surface area (Å²) in [6.07, 6.45) is 2.64. The van der Waals surface area contributed by atoms with Crippen LogP contribution in [0.5, 0.6) is 5.88 Å². The van der Waals surface area contributed by atoms with Crippen LogP contribution in [0.4, 0.5) is 4.39 Å². The molecule has 19 heavy (non-hydrogen) atoms. The monoisotopic (exact) mass is 265 g/mol. The van der Waals surface area contributed by atoms with E-state index in [-0.39, 0.29) is 12.5 Å². The molecular formula is C12H12FN3O3. The Balaban J connectivity index is 2.19. The van der Waals surface area contributed by atoms with Crippen LogP contribution < -0.4 is 4.74 Å². The number of esters is 1. The molecule has 2 rings (SSSR count). The van der Waals surface area contributed by atoms with Gasteiger partial charge in [-0.15, -0.1) is 5.10 Å². The molecule has 7 heteroatoms. The molecule has 0 radical (unpaired) electrons. The largest absolute Gasteiger partial charge is 0.466 e. The second-order valence-corrected chi connectivity index (χ2v) is 3.75. The smallest absolute Gasteiger partial charge is 0.343 e. The maximum absolute atomic E-state index is 13.1. The Morgan fingerprint density at radius 3 is 2.89 bits per heavy atom. The van der Waals surface area contributed by atoms with Crippen molar-refractivity contribution < 1.29 is 18.7 Å². The summed E-state index contributed by atoms with van der Waals surface area (Å²) in [5.74, 6) is -0.678. The van der Waals surface area contributed by atoms with Gasteiger partial charge in [-0.25, -0.2) is 9.18 Å². The standard InChI is InChI=1S/C12H12FN3O3/c1-16-10(8-3-9(13)6-14-5-8)4-11(15-16)19-7-12(17)18-2/h3-6H,7H2,1-2H3. The molecule has 100 valence electrons. The third kappa shape index (κ3) is 3.06. The molecule has 0 N–H and O–H groups in total. The molecule has 6 nitrogen and oxygen atoms in total. The number of carbonyl (C=O) groups excluding carboxylic acids is 1. The van der Waals surface area contributed by atoms with E-state index in [0.717, 1.165) is 6.20 Å². The lowest BCUT2D eigenvalue weighted by Gasteiger charge is -1.99. The van der Waals surface area contributed by atoms with Crippen LogP contribution in [0.25, 0.3) is 11.3 Å². The van der Waals surface area contributed by atoms with Crippen molar-refractivity contribution >= 4 is 5.97 Å². The Bertz CT molecular complexity index is 598. The predicted octanol–water partition coefficient (Wildman–Crippen LogP) is 1.17. The number of rotatable bonds is 4. The first-order chi connectivity index (χ1) is 9.10. The van der Waals surface area contributed by atoms with Crippen LogP contribution in [0.3, 0.4) is 0 Å². The lowest BCUT2D eigenvalue weighted by Crippen LogP contribution is -2.12. The number of hydrogen-bond donors (Lipinski definition) is 0. The van der Waals surface area contributed by atoms with Crippen LogP contribution in [0.15, 0.2) is 24.5 Å². The Morgan fingerprint density at radius 2 is 2.21 bits per heavy atom. The Labute approximate surface area is 108 Å². The number of aromatic nitrogens is 3. The summed E-state index contributed by atoms with van der Waals surface area (Å²) in [7, 11) is 2.96. The first-order valence-corrected chi connectivity index (χ1v) is 5.44. The van der Waals surface area contributed by atoms with Crippen LogP contribution in [0.1, 0.15) is 0 Å². The van der Waals surface area contributed by atoms with Gasteiger partial charge in [0.05, 0.1) is 19.0 Å². The van der Waals surface area contributed by atoms with Crippen LogP contribution in [-0.4, -0.2) is 34.5 Å². The van der Waals surface area contributed by atoms with E-state index in [0.29, 0.717) is 11.3 Å². The number of pyridine rings is 1. The van der Waals surface area contributed by atoms with Crippen molar-refractivity contribution in [2.45, 2.75) is 0 Å². The molecule has 0 unspecified atom stereocenters. The normalized spacial score (nSPS) is 10.3. The second kappa shape index (κ2) is 5.47. The SMILES string of the molecule is COC(=O)COc1cc(-c2cncc(F)c2)n(C)n1. The van der Waals surface area contributed by atoms with Crippen LogP contribution in [-0.2, 0) is 16.6 Å². The molecule has 0 fully saturated rings. The molecule has 0 aliphatic rings. The summed E-state index contributed by atoms with van der Waals surface area (Å²) in [4.78, 5) is 14.7. The molecule has 2 aromatic heterocycles. The van der Waals surface area contributed by atoms with Gasteiger partial charge in [0.15, 0.2) is 6.61 Å². The van der Waals surface area contributed by atoms with Gasteiger partial charge >= 0.3 is 5.97 Å². The molecular weight excluding hydrogens is 253 g/mol. The van der Waals surface area contributed by atoms with Gasteiger partial charge in [0.2, 0.25) is 5.88 Å². The molecule has 0 aromatic carbocycles. The number of nitrogens with zero attached hydrogens (tertiary/aromatic N) is 3. The van der Waals surface area contributed by atoms with Gasteiger partial charge in [0.25, 0.3) is 0 Å². The summed E-state index contributed by atoms with van der Waals surface area (Å²) in [5, 5.41) is 4.06. The summed E-state index contributed by atoms with van der Waals surface area (Å²) < 4.78 is 24.2. The molecule has 0 aliphatic carbocycles. The van der Waals surface area contributed by atoms with Crippen molar-refractivity contribution in [2.24, 2.45) is 7.05 Å². The molecule has 0 saturated carbocycles. The van der Waals surface area contributed by atoms with Gasteiger partial charge in [-0.2, -0.15) is 0 Å². The van der Waals surface area contributed by atoms with E-state index in [1.807, 2.05) is 0 Å². The van der Waals surface area contributed by atoms with Gasteiger partial charge in [-0.05, 0) is 6.07 Å². The zero-order chi connectivity index (χ0) is 13.8. The topological polar surface area (TPSA) is 66.2 Å². The predicted molar refractivity (Wildman–Crippen MR) is 63.9 cm³/mol. The molecule has 0 atom stereocenters. The van der Waals surface area contributed by atoms with Crippen molar-refractivity contribution in [1.82, 2.24) is 14.8 Å². The minimum atomic E-state index is -0.500. The highest BCUT2D eigenvalue weighted by Crippen LogP contribution is 2.22. The number of ether oxygens (including phenoxy) is 2. The third-order valence-corrected chi connectivity index (χ3v) is 2.42. The number of methoxy groups -OCH3 is 1. The second-order valence-electron chi connectivity index (χ2n) is 3.75. The van der Waals surface area contributed by atoms with Crippen molar-refractivity contribution in [3.63, 3.8) is 0 Å². The molecule has 2 aromatic rings. The Kier molecular flexibility index (Phi) is 3.74. The van der Waals surface area contributed by atoms with Crippen molar-refractivity contribution in [1.29, 1.82) is 0 Å². The van der Waals surface area contributed by atoms with Crippen molar-refractivity contribution in [2.75, 3.05) is 13.7 Å². The maximum Gasteiger partial charge on any atom is 0.343 e. The maximum atomic E-state index is 13.1. The zero-order valence-electron chi connectivity index (χ0n) is 10.5. The van der Waals surface area contributed by atoms with E-state index in [9.17, 15) is 9.18 Å². The summed E-state index contributed by atoms with van der Waals surface area (Å²) >= 11 is 0. The van der Waals surface area contributed by atoms with Crippen LogP contribution >= 0.6 is 0 Å². The molecule has 0 saturated heterocycles. The molecule has 0 spiro atoms. The van der Waals surface area contributed by atoms with Gasteiger partial charge in [-0.1, -0.05) is 0 Å². The number of hydrogen-bond acceptors (Lipinski definition) is 5. The molecule has 0 bridgehead atoms. The highest BCUT2D eigenvalue weighted by molar-refractivity contribution is 5.70. The van der Waals surface area contributed by atoms with E-state index >= 15 is 0 Å². The average molecular weight is 265 g/mol. The number of aryl methyl sites for hydroxylation is 1. The lowest BCUT2D eigenvalue weighted by molar-refractivity contribution is -0.143. The molecule has 0 amide bonds. The average Bonchev–Trinajstić information content (AvgIpc) is 2.77. The third-order valence-electron chi connectivity index (χ3n) is 2.42. The fourth-order valence-corrected chi connectivity index (χ4v) is 1.53. The molecule has 2 heterocycles. The van der Waals surface area contributed by atoms with Crippen molar-refractivity contribution in [3.8, 4) is 17.1 Å². The summed E-state index contributed by atoms with van der Waals surface area (Å²) in [5.41, 5.74) is 1.20. The first kappa shape index (κ1) is 13.0. The number of halogens is 1. The van der Waals surface area contributed by atoms with Crippen LogP contribution in [0.2, 0.25) is 0 Å². The van der Waals surface area contributed by atoms with Crippen LogP contribution in [0, 0.1) is 5.82 Å². The Hall–Kier alpha value is -2.44. The minimum absolute atomic E-state index is 0.228. The summed E-state index contributed by atoms with van der Waals surface area (Å²) in [6, 6.07) is 2.94. The van der Waals surface area contributed by atoms with E-state index in [2.05, 4.69) is 14.8 Å². The van der Waals surface area contributed by atoms with Gasteiger partial charge in [0.1, 0.15) is 5.82 Å². The van der Waals surface area contributed by atoms with Crippen molar-refractivity contribution in [3.05, 3.63) is 30.3 Å². The quantitative estimate of drug-likeness (QED) is 0.776. The van der Waals surface area contributed by atoms with Gasteiger partial charge in [-0.3, -0.25) is 9.67 Å². The first-order valence-electron chi connectivity index (χ1n) is 5.44. The van der Waals surface area contributed by atoms with Gasteiger partial charge < -0.3 is 9.47 Å². The highest BCUT2D eigenvalue weighted by Gasteiger charge is 2.11. The fraction of sp³-hybridized carbons (Fsp3) is 0.250. The molecule has 0 aliphatic heterocycles. The fourth-order valence-electron chi connectivity index (χ4n) is 1.53. The minimum Gasteiger partial charge on any atom is -0.466 e.